The molecule has 3 heteroatoms. The summed E-state index contributed by atoms with van der Waals surface area (Å²) in [6.45, 7) is 6.34. The van der Waals surface area contributed by atoms with E-state index >= 15 is 0 Å². The van der Waals surface area contributed by atoms with E-state index in [1.165, 1.54) is 6.42 Å². The molecule has 1 amide bonds. The van der Waals surface area contributed by atoms with Gasteiger partial charge in [0.2, 0.25) is 5.91 Å². The number of carbonyl (C=O) groups is 1. The lowest BCUT2D eigenvalue weighted by Crippen LogP contribution is -2.41. The molecule has 0 radical (unpaired) electrons. The summed E-state index contributed by atoms with van der Waals surface area (Å²) in [6, 6.07) is 0.0917. The highest BCUT2D eigenvalue weighted by Gasteiger charge is 2.24. The molecule has 0 aromatic carbocycles. The lowest BCUT2D eigenvalue weighted by molar-refractivity contribution is -0.131. The molecule has 0 saturated carbocycles. The molecular weight excluding hydrogens is 188 g/mol. The van der Waals surface area contributed by atoms with Crippen molar-refractivity contribution in [3.8, 4) is 0 Å². The SMILES string of the molecule is CC(C)CCCN(C)C(=O)C1CCCN1. The van der Waals surface area contributed by atoms with Gasteiger partial charge in [-0.1, -0.05) is 13.8 Å². The Labute approximate surface area is 93.2 Å². The Morgan fingerprint density at radius 2 is 2.27 bits per heavy atom. The zero-order valence-electron chi connectivity index (χ0n) is 10.3. The van der Waals surface area contributed by atoms with Crippen molar-refractivity contribution in [3.05, 3.63) is 0 Å². The lowest BCUT2D eigenvalue weighted by atomic mass is 10.1. The molecule has 1 aliphatic rings. The number of rotatable bonds is 5. The van der Waals surface area contributed by atoms with Crippen LogP contribution in [0, 0.1) is 5.92 Å². The molecule has 1 fully saturated rings. The van der Waals surface area contributed by atoms with Crippen molar-refractivity contribution in [2.24, 2.45) is 5.92 Å². The number of hydrogen-bond acceptors (Lipinski definition) is 2. The van der Waals surface area contributed by atoms with Gasteiger partial charge in [-0.05, 0) is 38.1 Å². The molecule has 1 N–H and O–H groups in total. The first kappa shape index (κ1) is 12.5. The van der Waals surface area contributed by atoms with Crippen LogP contribution in [0.2, 0.25) is 0 Å². The van der Waals surface area contributed by atoms with Crippen molar-refractivity contribution in [1.29, 1.82) is 0 Å². The van der Waals surface area contributed by atoms with Crippen molar-refractivity contribution in [1.82, 2.24) is 10.2 Å². The van der Waals surface area contributed by atoms with Crippen LogP contribution < -0.4 is 5.32 Å². The third-order valence-electron chi connectivity index (χ3n) is 3.01. The Morgan fingerprint density at radius 3 is 2.80 bits per heavy atom. The topological polar surface area (TPSA) is 32.3 Å². The molecule has 0 aromatic heterocycles. The van der Waals surface area contributed by atoms with Gasteiger partial charge in [-0.15, -0.1) is 0 Å². The summed E-state index contributed by atoms with van der Waals surface area (Å²) in [5.41, 5.74) is 0. The van der Waals surface area contributed by atoms with E-state index in [1.54, 1.807) is 0 Å². The largest absolute Gasteiger partial charge is 0.344 e. The maximum atomic E-state index is 11.9. The van der Waals surface area contributed by atoms with Crippen LogP contribution in [0.25, 0.3) is 0 Å². The molecule has 0 spiro atoms. The van der Waals surface area contributed by atoms with Crippen LogP contribution in [0.5, 0.6) is 0 Å². The average Bonchev–Trinajstić information content (AvgIpc) is 2.68. The Kier molecular flexibility index (Phi) is 5.09. The second-order valence-electron chi connectivity index (χ2n) is 4.94. The fraction of sp³-hybridized carbons (Fsp3) is 0.917. The first-order valence-corrected chi connectivity index (χ1v) is 6.09. The minimum atomic E-state index is 0.0917. The molecule has 1 rings (SSSR count). The van der Waals surface area contributed by atoms with Gasteiger partial charge in [0.1, 0.15) is 0 Å². The maximum absolute atomic E-state index is 11.9. The molecule has 0 bridgehead atoms. The summed E-state index contributed by atoms with van der Waals surface area (Å²) in [5, 5.41) is 3.25. The predicted molar refractivity (Wildman–Crippen MR) is 62.7 cm³/mol. The van der Waals surface area contributed by atoms with E-state index in [0.717, 1.165) is 38.3 Å². The van der Waals surface area contributed by atoms with Gasteiger partial charge in [0.15, 0.2) is 0 Å². The first-order chi connectivity index (χ1) is 7.11. The van der Waals surface area contributed by atoms with Crippen molar-refractivity contribution in [2.75, 3.05) is 20.1 Å². The van der Waals surface area contributed by atoms with Crippen molar-refractivity contribution in [2.45, 2.75) is 45.6 Å². The number of amides is 1. The zero-order chi connectivity index (χ0) is 11.3. The molecule has 1 saturated heterocycles. The second-order valence-corrected chi connectivity index (χ2v) is 4.94. The van der Waals surface area contributed by atoms with Gasteiger partial charge < -0.3 is 10.2 Å². The van der Waals surface area contributed by atoms with E-state index in [-0.39, 0.29) is 11.9 Å². The fourth-order valence-electron chi connectivity index (χ4n) is 2.01. The van der Waals surface area contributed by atoms with E-state index in [1.807, 2.05) is 11.9 Å². The highest BCUT2D eigenvalue weighted by molar-refractivity contribution is 5.81. The van der Waals surface area contributed by atoms with Gasteiger partial charge in [0, 0.05) is 13.6 Å². The van der Waals surface area contributed by atoms with E-state index < -0.39 is 0 Å². The van der Waals surface area contributed by atoms with Crippen LogP contribution in [0.3, 0.4) is 0 Å². The minimum Gasteiger partial charge on any atom is -0.344 e. The predicted octanol–water partition coefficient (Wildman–Crippen LogP) is 1.63. The number of hydrogen-bond donors (Lipinski definition) is 1. The molecule has 1 unspecified atom stereocenters. The molecular formula is C12H24N2O. The second kappa shape index (κ2) is 6.11. The fourth-order valence-corrected chi connectivity index (χ4v) is 2.01. The molecule has 1 aliphatic heterocycles. The Morgan fingerprint density at radius 1 is 1.53 bits per heavy atom. The Hall–Kier alpha value is -0.570. The molecule has 15 heavy (non-hydrogen) atoms. The summed E-state index contributed by atoms with van der Waals surface area (Å²) in [4.78, 5) is 13.8. The van der Waals surface area contributed by atoms with Gasteiger partial charge in [0.05, 0.1) is 6.04 Å². The molecule has 1 atom stereocenters. The van der Waals surface area contributed by atoms with Gasteiger partial charge in [0.25, 0.3) is 0 Å². The molecule has 1 heterocycles. The van der Waals surface area contributed by atoms with Gasteiger partial charge in [-0.25, -0.2) is 0 Å². The quantitative estimate of drug-likeness (QED) is 0.751. The molecule has 0 aliphatic carbocycles. The Balaban J connectivity index is 2.20. The molecule has 0 aromatic rings. The number of nitrogens with zero attached hydrogens (tertiary/aromatic N) is 1. The van der Waals surface area contributed by atoms with E-state index in [9.17, 15) is 4.79 Å². The molecule has 3 nitrogen and oxygen atoms in total. The Bertz CT molecular complexity index is 198. The summed E-state index contributed by atoms with van der Waals surface area (Å²) < 4.78 is 0. The summed E-state index contributed by atoms with van der Waals surface area (Å²) >= 11 is 0. The van der Waals surface area contributed by atoms with Gasteiger partial charge in [-0.3, -0.25) is 4.79 Å². The van der Waals surface area contributed by atoms with Crippen LogP contribution in [-0.2, 0) is 4.79 Å². The van der Waals surface area contributed by atoms with Gasteiger partial charge >= 0.3 is 0 Å². The smallest absolute Gasteiger partial charge is 0.239 e. The third-order valence-corrected chi connectivity index (χ3v) is 3.01. The standard InChI is InChI=1S/C12H24N2O/c1-10(2)6-5-9-14(3)12(15)11-7-4-8-13-11/h10-11,13H,4-9H2,1-3H3. The maximum Gasteiger partial charge on any atom is 0.239 e. The van der Waals surface area contributed by atoms with Crippen LogP contribution >= 0.6 is 0 Å². The monoisotopic (exact) mass is 212 g/mol. The van der Waals surface area contributed by atoms with E-state index in [4.69, 9.17) is 0 Å². The minimum absolute atomic E-state index is 0.0917. The first-order valence-electron chi connectivity index (χ1n) is 6.09. The number of nitrogens with one attached hydrogen (secondary N) is 1. The van der Waals surface area contributed by atoms with Crippen molar-refractivity contribution in [3.63, 3.8) is 0 Å². The number of likely N-dealkylation sites (N-methyl/N-ethyl adjacent to an activating group) is 1. The highest BCUT2D eigenvalue weighted by Crippen LogP contribution is 2.09. The third kappa shape index (κ3) is 4.20. The summed E-state index contributed by atoms with van der Waals surface area (Å²) in [6.07, 6.45) is 4.46. The van der Waals surface area contributed by atoms with Crippen molar-refractivity contribution < 1.29 is 4.79 Å². The lowest BCUT2D eigenvalue weighted by Gasteiger charge is -2.21. The van der Waals surface area contributed by atoms with E-state index in [0.29, 0.717) is 0 Å². The number of carbonyl (C=O) groups excluding carboxylic acids is 1. The normalized spacial score (nSPS) is 20.9. The van der Waals surface area contributed by atoms with Crippen LogP contribution in [0.1, 0.15) is 39.5 Å². The average molecular weight is 212 g/mol. The zero-order valence-corrected chi connectivity index (χ0v) is 10.3. The highest BCUT2D eigenvalue weighted by atomic mass is 16.2. The van der Waals surface area contributed by atoms with Crippen LogP contribution in [-0.4, -0.2) is 37.0 Å². The van der Waals surface area contributed by atoms with Crippen LogP contribution in [0.4, 0.5) is 0 Å². The van der Waals surface area contributed by atoms with Gasteiger partial charge in [-0.2, -0.15) is 0 Å². The molecule has 88 valence electrons. The van der Waals surface area contributed by atoms with Crippen molar-refractivity contribution >= 4 is 5.91 Å². The summed E-state index contributed by atoms with van der Waals surface area (Å²) in [7, 11) is 1.92. The summed E-state index contributed by atoms with van der Waals surface area (Å²) in [5.74, 6) is 1.01. The van der Waals surface area contributed by atoms with E-state index in [2.05, 4.69) is 19.2 Å². The van der Waals surface area contributed by atoms with Crippen LogP contribution in [0.15, 0.2) is 0 Å².